The molecule has 1 unspecified atom stereocenters. The average molecular weight is 520 g/mol. The summed E-state index contributed by atoms with van der Waals surface area (Å²) >= 11 is 12.3. The average Bonchev–Trinajstić information content (AvgIpc) is 3.32. The van der Waals surface area contributed by atoms with E-state index in [1.165, 1.54) is 0 Å². The Hall–Kier alpha value is -2.78. The van der Waals surface area contributed by atoms with Gasteiger partial charge in [0.1, 0.15) is 11.1 Å². The number of carbonyl (C=O) groups is 1. The number of nitrogens with one attached hydrogen (secondary N) is 2. The van der Waals surface area contributed by atoms with E-state index in [1.807, 2.05) is 52.2 Å². The largest absolute Gasteiger partial charge is 0.444 e. The molecule has 3 aromatic rings. The van der Waals surface area contributed by atoms with Crippen LogP contribution in [0.4, 0.5) is 22.4 Å². The molecule has 0 aliphatic carbocycles. The predicted octanol–water partition coefficient (Wildman–Crippen LogP) is 6.27. The number of fused-ring (bicyclic) bond motifs is 1. The van der Waals surface area contributed by atoms with Crippen molar-refractivity contribution >= 4 is 58.0 Å². The number of nitrogens with zero attached hydrogens (tertiary/aromatic N) is 5. The Morgan fingerprint density at radius 2 is 1.86 bits per heavy atom. The minimum absolute atomic E-state index is 0.0600. The fraction of sp³-hybridized carbons (Fsp3) is 0.500. The highest BCUT2D eigenvalue weighted by Crippen LogP contribution is 2.33. The van der Waals surface area contributed by atoms with Crippen LogP contribution in [0.2, 0.25) is 10.0 Å². The Balaban J connectivity index is 1.71. The number of halogens is 2. The molecule has 188 valence electrons. The number of carbonyl (C=O) groups excluding carboxylic acids is 1. The summed E-state index contributed by atoms with van der Waals surface area (Å²) in [5.74, 6) is 1.09. The van der Waals surface area contributed by atoms with Gasteiger partial charge in [-0.15, -0.1) is 0 Å². The normalized spacial score (nSPS) is 16.6. The molecule has 0 bridgehead atoms. The number of ether oxygens (including phenoxy) is 1. The first-order valence-electron chi connectivity index (χ1n) is 11.5. The van der Waals surface area contributed by atoms with Gasteiger partial charge in [-0.3, -0.25) is 4.57 Å². The molecule has 0 radical (unpaired) electrons. The van der Waals surface area contributed by atoms with Gasteiger partial charge in [0.2, 0.25) is 11.9 Å². The third kappa shape index (κ3) is 6.08. The molecule has 1 aromatic carbocycles. The van der Waals surface area contributed by atoms with E-state index in [1.54, 1.807) is 23.2 Å². The topological polar surface area (TPSA) is 97.2 Å². The van der Waals surface area contributed by atoms with Crippen LogP contribution in [0.1, 0.15) is 54.0 Å². The maximum atomic E-state index is 12.7. The summed E-state index contributed by atoms with van der Waals surface area (Å²) in [5, 5.41) is 7.57. The van der Waals surface area contributed by atoms with Crippen LogP contribution in [0.5, 0.6) is 0 Å². The number of likely N-dealkylation sites (tertiary alicyclic amines) is 1. The molecule has 35 heavy (non-hydrogen) atoms. The lowest BCUT2D eigenvalue weighted by atomic mass is 10.1. The molecular weight excluding hydrogens is 489 g/mol. The van der Waals surface area contributed by atoms with Crippen molar-refractivity contribution in [3.8, 4) is 0 Å². The fourth-order valence-corrected chi connectivity index (χ4v) is 4.17. The number of hydrogen-bond donors (Lipinski definition) is 2. The lowest BCUT2D eigenvalue weighted by Crippen LogP contribution is -2.35. The van der Waals surface area contributed by atoms with Crippen molar-refractivity contribution < 1.29 is 9.53 Å². The molecule has 1 aliphatic rings. The minimum atomic E-state index is -0.557. The summed E-state index contributed by atoms with van der Waals surface area (Å²) in [5.41, 5.74) is 1.28. The first kappa shape index (κ1) is 25.3. The van der Waals surface area contributed by atoms with Gasteiger partial charge in [-0.1, -0.05) is 23.2 Å². The van der Waals surface area contributed by atoms with Crippen LogP contribution in [0, 0.1) is 0 Å². The van der Waals surface area contributed by atoms with E-state index in [4.69, 9.17) is 37.9 Å². The lowest BCUT2D eigenvalue weighted by Gasteiger charge is -2.24. The smallest absolute Gasteiger partial charge is 0.410 e. The zero-order valence-corrected chi connectivity index (χ0v) is 22.3. The molecule has 11 heteroatoms. The van der Waals surface area contributed by atoms with E-state index in [0.717, 1.165) is 12.1 Å². The van der Waals surface area contributed by atoms with Gasteiger partial charge in [0.05, 0.1) is 22.3 Å². The van der Waals surface area contributed by atoms with Gasteiger partial charge >= 0.3 is 6.09 Å². The molecule has 3 heterocycles. The van der Waals surface area contributed by atoms with E-state index in [0.29, 0.717) is 46.2 Å². The summed E-state index contributed by atoms with van der Waals surface area (Å²) in [6.07, 6.45) is 2.11. The van der Waals surface area contributed by atoms with Crippen molar-refractivity contribution in [1.82, 2.24) is 24.4 Å². The van der Waals surface area contributed by atoms with Crippen LogP contribution in [0.25, 0.3) is 11.2 Å². The van der Waals surface area contributed by atoms with Crippen molar-refractivity contribution in [3.63, 3.8) is 0 Å². The number of rotatable bonds is 4. The third-order valence-electron chi connectivity index (χ3n) is 5.28. The van der Waals surface area contributed by atoms with Crippen molar-refractivity contribution in [2.45, 2.75) is 65.1 Å². The second-order valence-electron chi connectivity index (χ2n) is 10.7. The van der Waals surface area contributed by atoms with Gasteiger partial charge in [-0.05, 0) is 66.2 Å². The molecule has 1 amide bonds. The molecule has 2 N–H and O–H groups in total. The van der Waals surface area contributed by atoms with Gasteiger partial charge in [-0.25, -0.2) is 14.8 Å². The quantitative estimate of drug-likeness (QED) is 0.419. The van der Waals surface area contributed by atoms with Crippen molar-refractivity contribution in [2.24, 2.45) is 0 Å². The molecule has 1 aliphatic heterocycles. The zero-order chi connectivity index (χ0) is 25.5. The Morgan fingerprint density at radius 3 is 2.51 bits per heavy atom. The van der Waals surface area contributed by atoms with E-state index in [9.17, 15) is 4.79 Å². The van der Waals surface area contributed by atoms with Gasteiger partial charge in [-0.2, -0.15) is 4.98 Å². The van der Waals surface area contributed by atoms with Crippen LogP contribution in [0.15, 0.2) is 24.4 Å². The Morgan fingerprint density at radius 1 is 1.11 bits per heavy atom. The molecule has 0 saturated carbocycles. The first-order chi connectivity index (χ1) is 16.3. The Kier molecular flexibility index (Phi) is 6.76. The predicted molar refractivity (Wildman–Crippen MR) is 140 cm³/mol. The second-order valence-corrected chi connectivity index (χ2v) is 11.5. The van der Waals surface area contributed by atoms with Crippen LogP contribution in [-0.4, -0.2) is 54.7 Å². The molecule has 1 atom stereocenters. The maximum absolute atomic E-state index is 12.7. The Bertz CT molecular complexity index is 1250. The highest BCUT2D eigenvalue weighted by atomic mass is 35.5. The van der Waals surface area contributed by atoms with Crippen LogP contribution in [0.3, 0.4) is 0 Å². The van der Waals surface area contributed by atoms with E-state index < -0.39 is 5.60 Å². The highest BCUT2D eigenvalue weighted by Gasteiger charge is 2.33. The second kappa shape index (κ2) is 9.35. The third-order valence-corrected chi connectivity index (χ3v) is 6.01. The van der Waals surface area contributed by atoms with Crippen LogP contribution >= 0.6 is 23.2 Å². The molecular formula is C24H31Cl2N7O2. The van der Waals surface area contributed by atoms with E-state index in [-0.39, 0.29) is 17.7 Å². The number of benzene rings is 1. The Labute approximate surface area is 215 Å². The van der Waals surface area contributed by atoms with Crippen molar-refractivity contribution in [1.29, 1.82) is 0 Å². The van der Waals surface area contributed by atoms with Gasteiger partial charge in [0, 0.05) is 24.3 Å². The van der Waals surface area contributed by atoms with Gasteiger partial charge in [0.25, 0.3) is 0 Å². The zero-order valence-electron chi connectivity index (χ0n) is 20.8. The SMILES string of the molecule is CC(C)(C)Nc1ncc2nc(Nc3ccc(Cl)c(Cl)c3)n(C3CCN(C(=O)OC(C)(C)C)C3)c2n1. The summed E-state index contributed by atoms with van der Waals surface area (Å²) in [6, 6.07) is 5.24. The highest BCUT2D eigenvalue weighted by molar-refractivity contribution is 6.42. The standard InChI is InChI=1S/C24H31Cl2N7O2/c1-23(2,3)31-20-27-12-18-19(30-20)33(15-9-10-32(13-15)22(34)35-24(4,5)6)21(29-18)28-14-7-8-16(25)17(26)11-14/h7-8,11-12,15H,9-10,13H2,1-6H3,(H,28,29)(H,27,30,31). The maximum Gasteiger partial charge on any atom is 0.410 e. The number of aromatic nitrogens is 4. The molecule has 9 nitrogen and oxygen atoms in total. The van der Waals surface area contributed by atoms with E-state index in [2.05, 4.69) is 15.6 Å². The monoisotopic (exact) mass is 519 g/mol. The van der Waals surface area contributed by atoms with Crippen molar-refractivity contribution in [2.75, 3.05) is 23.7 Å². The summed E-state index contributed by atoms with van der Waals surface area (Å²) in [7, 11) is 0. The fourth-order valence-electron chi connectivity index (χ4n) is 3.87. The number of hydrogen-bond acceptors (Lipinski definition) is 7. The molecule has 2 aromatic heterocycles. The summed E-state index contributed by atoms with van der Waals surface area (Å²) in [4.78, 5) is 28.4. The van der Waals surface area contributed by atoms with E-state index >= 15 is 0 Å². The number of anilines is 3. The molecule has 4 rings (SSSR count). The first-order valence-corrected chi connectivity index (χ1v) is 12.3. The molecule has 0 spiro atoms. The number of imidazole rings is 1. The van der Waals surface area contributed by atoms with Gasteiger partial charge in [0.15, 0.2) is 5.65 Å². The van der Waals surface area contributed by atoms with Crippen LogP contribution in [-0.2, 0) is 4.74 Å². The number of amides is 1. The van der Waals surface area contributed by atoms with Gasteiger partial charge < -0.3 is 20.3 Å². The summed E-state index contributed by atoms with van der Waals surface area (Å²) < 4.78 is 7.61. The lowest BCUT2D eigenvalue weighted by molar-refractivity contribution is 0.0289. The molecule has 1 saturated heterocycles. The summed E-state index contributed by atoms with van der Waals surface area (Å²) in [6.45, 7) is 12.8. The minimum Gasteiger partial charge on any atom is -0.444 e. The molecule has 1 fully saturated rings. The van der Waals surface area contributed by atoms with Crippen LogP contribution < -0.4 is 10.6 Å². The van der Waals surface area contributed by atoms with Crippen molar-refractivity contribution in [3.05, 3.63) is 34.4 Å².